The second-order valence-electron chi connectivity index (χ2n) is 7.12. The van der Waals surface area contributed by atoms with E-state index >= 15 is 0 Å². The van der Waals surface area contributed by atoms with E-state index in [9.17, 15) is 0 Å². The van der Waals surface area contributed by atoms with Crippen molar-refractivity contribution >= 4 is 0 Å². The van der Waals surface area contributed by atoms with Crippen LogP contribution in [0.1, 0.15) is 30.9 Å². The fourth-order valence-electron chi connectivity index (χ4n) is 3.79. The molecular formula is C23H32N2O2. The molecule has 0 bridgehead atoms. The van der Waals surface area contributed by atoms with Gasteiger partial charge in [0.15, 0.2) is 11.5 Å². The fourth-order valence-corrected chi connectivity index (χ4v) is 3.79. The molecule has 1 N–H and O–H groups in total. The Kier molecular flexibility index (Phi) is 7.55. The van der Waals surface area contributed by atoms with Crippen molar-refractivity contribution in [2.45, 2.75) is 38.8 Å². The molecule has 0 saturated carbocycles. The van der Waals surface area contributed by atoms with Crippen LogP contribution in [0.2, 0.25) is 0 Å². The van der Waals surface area contributed by atoms with Gasteiger partial charge in [-0.2, -0.15) is 0 Å². The Balaban J connectivity index is 1.48. The molecule has 0 radical (unpaired) electrons. The molecule has 146 valence electrons. The topological polar surface area (TPSA) is 33.7 Å². The summed E-state index contributed by atoms with van der Waals surface area (Å²) in [5.41, 5.74) is 2.51. The third-order valence-corrected chi connectivity index (χ3v) is 5.33. The van der Waals surface area contributed by atoms with Gasteiger partial charge in [0.05, 0.1) is 13.7 Å². The van der Waals surface area contributed by atoms with Gasteiger partial charge in [-0.15, -0.1) is 0 Å². The van der Waals surface area contributed by atoms with Crippen LogP contribution in [0.3, 0.4) is 0 Å². The number of likely N-dealkylation sites (tertiary alicyclic amines) is 1. The highest BCUT2D eigenvalue weighted by atomic mass is 16.5. The first-order valence-electron chi connectivity index (χ1n) is 10.1. The van der Waals surface area contributed by atoms with Gasteiger partial charge in [-0.3, -0.25) is 4.90 Å². The molecule has 4 heteroatoms. The average Bonchev–Trinajstić information content (AvgIpc) is 3.17. The highest BCUT2D eigenvalue weighted by molar-refractivity contribution is 5.43. The number of nitrogens with zero attached hydrogens (tertiary/aromatic N) is 1. The zero-order valence-corrected chi connectivity index (χ0v) is 16.6. The molecule has 1 atom stereocenters. The number of hydrogen-bond donors (Lipinski definition) is 1. The summed E-state index contributed by atoms with van der Waals surface area (Å²) in [5, 5.41) is 3.61. The Labute approximate surface area is 163 Å². The summed E-state index contributed by atoms with van der Waals surface area (Å²) >= 11 is 0. The van der Waals surface area contributed by atoms with E-state index in [1.165, 1.54) is 30.5 Å². The van der Waals surface area contributed by atoms with Crippen LogP contribution in [0.15, 0.2) is 48.5 Å². The first-order chi connectivity index (χ1) is 13.3. The van der Waals surface area contributed by atoms with Crippen LogP contribution >= 0.6 is 0 Å². The molecule has 1 unspecified atom stereocenters. The Morgan fingerprint density at radius 1 is 1.07 bits per heavy atom. The van der Waals surface area contributed by atoms with Crippen molar-refractivity contribution in [3.05, 3.63) is 59.7 Å². The van der Waals surface area contributed by atoms with Crippen LogP contribution in [-0.2, 0) is 13.0 Å². The average molecular weight is 369 g/mol. The van der Waals surface area contributed by atoms with Crippen molar-refractivity contribution in [1.29, 1.82) is 0 Å². The van der Waals surface area contributed by atoms with E-state index in [4.69, 9.17) is 9.47 Å². The van der Waals surface area contributed by atoms with E-state index in [0.717, 1.165) is 37.6 Å². The van der Waals surface area contributed by atoms with Gasteiger partial charge in [0.1, 0.15) is 0 Å². The minimum Gasteiger partial charge on any atom is -0.493 e. The predicted molar refractivity (Wildman–Crippen MR) is 111 cm³/mol. The lowest BCUT2D eigenvalue weighted by Crippen LogP contribution is -2.37. The molecule has 0 aliphatic carbocycles. The van der Waals surface area contributed by atoms with Gasteiger partial charge < -0.3 is 14.8 Å². The normalized spacial score (nSPS) is 17.2. The maximum absolute atomic E-state index is 5.95. The zero-order chi connectivity index (χ0) is 18.9. The Morgan fingerprint density at radius 3 is 2.70 bits per heavy atom. The Hall–Kier alpha value is -2.04. The summed E-state index contributed by atoms with van der Waals surface area (Å²) in [7, 11) is 1.70. The van der Waals surface area contributed by atoms with E-state index in [1.54, 1.807) is 7.11 Å². The lowest BCUT2D eigenvalue weighted by molar-refractivity contribution is 0.260. The lowest BCUT2D eigenvalue weighted by atomic mass is 10.1. The maximum Gasteiger partial charge on any atom is 0.161 e. The second-order valence-corrected chi connectivity index (χ2v) is 7.12. The van der Waals surface area contributed by atoms with Crippen LogP contribution < -0.4 is 14.8 Å². The molecule has 1 aliphatic heterocycles. The van der Waals surface area contributed by atoms with Gasteiger partial charge in [-0.05, 0) is 49.2 Å². The van der Waals surface area contributed by atoms with E-state index < -0.39 is 0 Å². The molecule has 0 amide bonds. The van der Waals surface area contributed by atoms with Gasteiger partial charge >= 0.3 is 0 Å². The first kappa shape index (κ1) is 19.7. The third kappa shape index (κ3) is 5.72. The van der Waals surface area contributed by atoms with Crippen LogP contribution in [-0.4, -0.2) is 44.3 Å². The molecule has 2 aromatic carbocycles. The standard InChI is InChI=1S/C23H32N2O2/c1-3-25-14-7-10-21(25)18-24-17-20-11-12-22(23(16-20)26-2)27-15-13-19-8-5-4-6-9-19/h4-6,8-9,11-12,16,21,24H,3,7,10,13-15,17-18H2,1-2H3. The minimum atomic E-state index is 0.645. The van der Waals surface area contributed by atoms with E-state index in [-0.39, 0.29) is 0 Å². The molecule has 1 saturated heterocycles. The SMILES string of the molecule is CCN1CCCC1CNCc1ccc(OCCc2ccccc2)c(OC)c1. The van der Waals surface area contributed by atoms with Crippen LogP contribution in [0.5, 0.6) is 11.5 Å². The van der Waals surface area contributed by atoms with Gasteiger partial charge in [-0.25, -0.2) is 0 Å². The summed E-state index contributed by atoms with van der Waals surface area (Å²) < 4.78 is 11.5. The van der Waals surface area contributed by atoms with Gasteiger partial charge in [0.25, 0.3) is 0 Å². The number of rotatable bonds is 10. The van der Waals surface area contributed by atoms with Crippen molar-refractivity contribution in [1.82, 2.24) is 10.2 Å². The third-order valence-electron chi connectivity index (χ3n) is 5.33. The molecule has 4 nitrogen and oxygen atoms in total. The smallest absolute Gasteiger partial charge is 0.161 e. The van der Waals surface area contributed by atoms with Gasteiger partial charge in [0, 0.05) is 25.6 Å². The number of nitrogens with one attached hydrogen (secondary N) is 1. The molecule has 0 spiro atoms. The fraction of sp³-hybridized carbons (Fsp3) is 0.478. The number of ether oxygens (including phenoxy) is 2. The number of benzene rings is 2. The predicted octanol–water partition coefficient (Wildman–Crippen LogP) is 3.89. The highest BCUT2D eigenvalue weighted by Crippen LogP contribution is 2.28. The monoisotopic (exact) mass is 368 g/mol. The molecule has 2 aromatic rings. The number of likely N-dealkylation sites (N-methyl/N-ethyl adjacent to an activating group) is 1. The summed E-state index contributed by atoms with van der Waals surface area (Å²) in [5.74, 6) is 1.61. The van der Waals surface area contributed by atoms with Crippen molar-refractivity contribution < 1.29 is 9.47 Å². The Bertz CT molecular complexity index is 690. The first-order valence-corrected chi connectivity index (χ1v) is 10.1. The maximum atomic E-state index is 5.95. The molecular weight excluding hydrogens is 336 g/mol. The van der Waals surface area contributed by atoms with Gasteiger partial charge in [0.2, 0.25) is 0 Å². The second kappa shape index (κ2) is 10.3. The molecule has 3 rings (SSSR count). The van der Waals surface area contributed by atoms with E-state index in [0.29, 0.717) is 12.6 Å². The molecule has 27 heavy (non-hydrogen) atoms. The summed E-state index contributed by atoms with van der Waals surface area (Å²) in [6.07, 6.45) is 3.52. The number of hydrogen-bond acceptors (Lipinski definition) is 4. The van der Waals surface area contributed by atoms with Crippen LogP contribution in [0.25, 0.3) is 0 Å². The van der Waals surface area contributed by atoms with Crippen molar-refractivity contribution in [2.75, 3.05) is 33.4 Å². The van der Waals surface area contributed by atoms with Crippen molar-refractivity contribution in [3.8, 4) is 11.5 Å². The van der Waals surface area contributed by atoms with E-state index in [1.807, 2.05) is 12.1 Å². The summed E-state index contributed by atoms with van der Waals surface area (Å²) in [6.45, 7) is 7.19. The molecule has 1 aliphatic rings. The van der Waals surface area contributed by atoms with Crippen molar-refractivity contribution in [2.24, 2.45) is 0 Å². The highest BCUT2D eigenvalue weighted by Gasteiger charge is 2.22. The molecule has 0 aromatic heterocycles. The lowest BCUT2D eigenvalue weighted by Gasteiger charge is -2.23. The van der Waals surface area contributed by atoms with Crippen molar-refractivity contribution in [3.63, 3.8) is 0 Å². The largest absolute Gasteiger partial charge is 0.493 e. The van der Waals surface area contributed by atoms with Crippen LogP contribution in [0.4, 0.5) is 0 Å². The van der Waals surface area contributed by atoms with Crippen LogP contribution in [0, 0.1) is 0 Å². The zero-order valence-electron chi connectivity index (χ0n) is 16.6. The Morgan fingerprint density at radius 2 is 1.93 bits per heavy atom. The minimum absolute atomic E-state index is 0.645. The molecule has 1 heterocycles. The van der Waals surface area contributed by atoms with Gasteiger partial charge in [-0.1, -0.05) is 43.3 Å². The molecule has 1 fully saturated rings. The van der Waals surface area contributed by atoms with E-state index in [2.05, 4.69) is 53.5 Å². The number of methoxy groups -OCH3 is 1. The summed E-state index contributed by atoms with van der Waals surface area (Å²) in [6, 6.07) is 17.3. The quantitative estimate of drug-likeness (QED) is 0.690. The summed E-state index contributed by atoms with van der Waals surface area (Å²) in [4.78, 5) is 2.57.